The van der Waals surface area contributed by atoms with E-state index < -0.39 is 10.8 Å². The van der Waals surface area contributed by atoms with Gasteiger partial charge in [-0.1, -0.05) is 224 Å². The van der Waals surface area contributed by atoms with Crippen LogP contribution in [0.4, 0.5) is 17.1 Å². The average molecular weight is 929 g/mol. The first-order chi connectivity index (χ1) is 36.2. The Morgan fingerprint density at radius 2 is 0.671 bits per heavy atom. The van der Waals surface area contributed by atoms with Crippen LogP contribution in [0, 0.1) is 0 Å². The molecule has 0 amide bonds. The van der Waals surface area contributed by atoms with E-state index in [9.17, 15) is 0 Å². The molecule has 0 N–H and O–H groups in total. The van der Waals surface area contributed by atoms with Crippen molar-refractivity contribution < 1.29 is 0 Å². The minimum absolute atomic E-state index is 0.544. The van der Waals surface area contributed by atoms with Crippen LogP contribution in [0.25, 0.3) is 67.2 Å². The third-order valence-corrected chi connectivity index (χ3v) is 15.8. The summed E-state index contributed by atoms with van der Waals surface area (Å²) in [4.78, 5) is 18.0. The fourth-order valence-corrected chi connectivity index (χ4v) is 12.8. The molecule has 73 heavy (non-hydrogen) atoms. The molecule has 340 valence electrons. The second kappa shape index (κ2) is 16.0. The lowest BCUT2D eigenvalue weighted by Crippen LogP contribution is -2.47. The summed E-state index contributed by atoms with van der Waals surface area (Å²) in [5, 5.41) is 2.31. The Balaban J connectivity index is 0.979. The van der Waals surface area contributed by atoms with Crippen LogP contribution < -0.4 is 4.90 Å². The van der Waals surface area contributed by atoms with Crippen molar-refractivity contribution in [1.82, 2.24) is 15.0 Å². The quantitative estimate of drug-likeness (QED) is 0.172. The van der Waals surface area contributed by atoms with E-state index in [-0.39, 0.29) is 0 Å². The number of hydrogen-bond donors (Lipinski definition) is 0. The number of fused-ring (bicyclic) bond motifs is 16. The van der Waals surface area contributed by atoms with E-state index in [4.69, 9.17) is 15.0 Å². The van der Waals surface area contributed by atoms with Gasteiger partial charge in [0.2, 0.25) is 0 Å². The van der Waals surface area contributed by atoms with Gasteiger partial charge in [-0.3, -0.25) is 0 Å². The summed E-state index contributed by atoms with van der Waals surface area (Å²) in [7, 11) is 0. The first kappa shape index (κ1) is 41.3. The highest BCUT2D eigenvalue weighted by Crippen LogP contribution is 2.67. The molecule has 4 heteroatoms. The molecule has 0 atom stereocenters. The predicted molar refractivity (Wildman–Crippen MR) is 296 cm³/mol. The van der Waals surface area contributed by atoms with Gasteiger partial charge in [0.15, 0.2) is 17.5 Å². The largest absolute Gasteiger partial charge is 0.310 e. The van der Waals surface area contributed by atoms with Gasteiger partial charge in [0.05, 0.1) is 22.2 Å². The van der Waals surface area contributed by atoms with Crippen molar-refractivity contribution in [1.29, 1.82) is 0 Å². The van der Waals surface area contributed by atoms with Crippen LogP contribution in [0.2, 0.25) is 0 Å². The summed E-state index contributed by atoms with van der Waals surface area (Å²) in [6.07, 6.45) is 0. The van der Waals surface area contributed by atoms with Gasteiger partial charge in [-0.2, -0.15) is 0 Å². The molecule has 15 rings (SSSR count). The molecule has 2 aliphatic carbocycles. The molecule has 0 fully saturated rings. The maximum atomic E-state index is 5.24. The summed E-state index contributed by atoms with van der Waals surface area (Å²) in [5.41, 5.74) is 20.0. The number of para-hydroxylation sites is 2. The Bertz CT molecular complexity index is 4080. The molecule has 0 unspecified atom stereocenters. The van der Waals surface area contributed by atoms with E-state index in [1.54, 1.807) is 0 Å². The zero-order valence-electron chi connectivity index (χ0n) is 39.7. The molecule has 4 nitrogen and oxygen atoms in total. The predicted octanol–water partition coefficient (Wildman–Crippen LogP) is 16.5. The van der Waals surface area contributed by atoms with Crippen LogP contribution in [-0.4, -0.2) is 15.0 Å². The second-order valence-electron chi connectivity index (χ2n) is 19.4. The maximum absolute atomic E-state index is 5.24. The third-order valence-electron chi connectivity index (χ3n) is 15.8. The van der Waals surface area contributed by atoms with Crippen LogP contribution in [0.5, 0.6) is 0 Å². The van der Waals surface area contributed by atoms with Gasteiger partial charge in [0, 0.05) is 22.4 Å². The summed E-state index contributed by atoms with van der Waals surface area (Å²) in [6, 6.07) is 97.7. The van der Waals surface area contributed by atoms with Crippen molar-refractivity contribution in [2.75, 3.05) is 4.90 Å². The lowest BCUT2D eigenvalue weighted by molar-refractivity contribution is 0.619. The van der Waals surface area contributed by atoms with Gasteiger partial charge < -0.3 is 4.90 Å². The van der Waals surface area contributed by atoms with Crippen molar-refractivity contribution in [3.05, 3.63) is 311 Å². The number of hydrogen-bond acceptors (Lipinski definition) is 4. The van der Waals surface area contributed by atoms with Gasteiger partial charge in [-0.15, -0.1) is 0 Å². The van der Waals surface area contributed by atoms with Crippen molar-refractivity contribution in [2.45, 2.75) is 10.8 Å². The number of nitrogens with zero attached hydrogens (tertiary/aromatic N) is 4. The molecule has 3 aliphatic rings. The van der Waals surface area contributed by atoms with Crippen LogP contribution in [0.1, 0.15) is 44.5 Å². The van der Waals surface area contributed by atoms with E-state index in [0.29, 0.717) is 17.5 Å². The SMILES string of the molecule is c1ccc(-c2nc(-c3cccc(-c4ccc5c(c4)C4(c6ccccc6N5c5ccccc5)c5ccccc5C5(c6ccccc6-c6ccccc65)c5ccccc54)c3)nc(-c3ccc4ccccc4c3)n2)cc1. The Kier molecular flexibility index (Phi) is 9.05. The summed E-state index contributed by atoms with van der Waals surface area (Å²) in [6.45, 7) is 0. The average Bonchev–Trinajstić information content (AvgIpc) is 3.77. The van der Waals surface area contributed by atoms with E-state index in [2.05, 4.69) is 254 Å². The standard InChI is InChI=1S/C69H44N4/c1-3-21-46(22-4-1)65-70-66(72-67(71-65)51-39-38-45-20-7-8-23-47(45)42-51)50-25-19-24-48(43-50)49-40-41-64-62(44-49)69(61-36-17-18-37-63(61)73(64)52-26-5-2-6-27-52)59-34-15-13-32-57(59)68(58-33-14-16-35-60(58)69)55-30-11-9-28-53(55)54-29-10-12-31-56(54)68/h1-44H. The normalized spacial score (nSPS) is 13.9. The van der Waals surface area contributed by atoms with Gasteiger partial charge in [0.25, 0.3) is 0 Å². The fourth-order valence-electron chi connectivity index (χ4n) is 12.8. The van der Waals surface area contributed by atoms with Crippen LogP contribution in [-0.2, 0) is 10.8 Å². The molecule has 0 saturated heterocycles. The Morgan fingerprint density at radius 1 is 0.247 bits per heavy atom. The van der Waals surface area contributed by atoms with Gasteiger partial charge in [0.1, 0.15) is 0 Å². The van der Waals surface area contributed by atoms with E-state index in [1.807, 2.05) is 18.2 Å². The molecule has 0 radical (unpaired) electrons. The van der Waals surface area contributed by atoms with Crippen molar-refractivity contribution in [3.8, 4) is 56.4 Å². The van der Waals surface area contributed by atoms with E-state index in [1.165, 1.54) is 61.0 Å². The van der Waals surface area contributed by atoms with Crippen LogP contribution >= 0.6 is 0 Å². The molecular weight excluding hydrogens is 885 g/mol. The van der Waals surface area contributed by atoms with Gasteiger partial charge in [-0.05, 0) is 120 Å². The first-order valence-electron chi connectivity index (χ1n) is 25.1. The maximum Gasteiger partial charge on any atom is 0.164 e. The second-order valence-corrected chi connectivity index (χ2v) is 19.4. The van der Waals surface area contributed by atoms with Gasteiger partial charge in [-0.25, -0.2) is 15.0 Å². The minimum atomic E-state index is -0.719. The molecule has 1 aromatic heterocycles. The third kappa shape index (κ3) is 5.92. The monoisotopic (exact) mass is 928 g/mol. The molecular formula is C69H44N4. The van der Waals surface area contributed by atoms with Gasteiger partial charge >= 0.3 is 0 Å². The summed E-state index contributed by atoms with van der Waals surface area (Å²) in [5.74, 6) is 1.89. The number of anilines is 3. The Hall–Kier alpha value is -9.51. The smallest absolute Gasteiger partial charge is 0.164 e. The Labute approximate surface area is 424 Å². The highest BCUT2D eigenvalue weighted by molar-refractivity contribution is 5.96. The zero-order chi connectivity index (χ0) is 48.1. The lowest BCUT2D eigenvalue weighted by Gasteiger charge is -2.53. The molecule has 1 aliphatic heterocycles. The minimum Gasteiger partial charge on any atom is -0.310 e. The van der Waals surface area contributed by atoms with Crippen LogP contribution in [0.15, 0.2) is 267 Å². The zero-order valence-corrected chi connectivity index (χ0v) is 39.7. The molecule has 0 saturated carbocycles. The fraction of sp³-hybridized carbons (Fsp3) is 0.0290. The molecule has 2 heterocycles. The summed E-state index contributed by atoms with van der Waals surface area (Å²) >= 11 is 0. The Morgan fingerprint density at radius 3 is 1.32 bits per heavy atom. The van der Waals surface area contributed by atoms with E-state index in [0.717, 1.165) is 50.3 Å². The number of rotatable bonds is 5. The highest BCUT2D eigenvalue weighted by Gasteiger charge is 2.58. The highest BCUT2D eigenvalue weighted by atomic mass is 15.2. The number of aromatic nitrogens is 3. The van der Waals surface area contributed by atoms with Crippen LogP contribution in [0.3, 0.4) is 0 Å². The van der Waals surface area contributed by atoms with E-state index >= 15 is 0 Å². The molecule has 0 bridgehead atoms. The molecule has 11 aromatic carbocycles. The first-order valence-corrected chi connectivity index (χ1v) is 25.1. The summed E-state index contributed by atoms with van der Waals surface area (Å²) < 4.78 is 0. The number of benzene rings is 11. The lowest BCUT2D eigenvalue weighted by atomic mass is 9.50. The topological polar surface area (TPSA) is 41.9 Å². The van der Waals surface area contributed by atoms with Crippen molar-refractivity contribution in [3.63, 3.8) is 0 Å². The van der Waals surface area contributed by atoms with Crippen molar-refractivity contribution in [2.24, 2.45) is 0 Å². The molecule has 12 aromatic rings. The molecule has 2 spiro atoms. The van der Waals surface area contributed by atoms with Crippen molar-refractivity contribution >= 4 is 27.8 Å².